The Morgan fingerprint density at radius 3 is 0.756 bits per heavy atom. The summed E-state index contributed by atoms with van der Waals surface area (Å²) in [7, 11) is -17.3. The topological polar surface area (TPSA) is 107 Å². The summed E-state index contributed by atoms with van der Waals surface area (Å²) in [6.07, 6.45) is 0. The number of anilines is 2. The maximum absolute atomic E-state index is 6.77. The van der Waals surface area contributed by atoms with Gasteiger partial charge in [-0.05, 0) is 126 Å². The minimum Gasteiger partial charge on any atom is -0.433 e. The lowest BCUT2D eigenvalue weighted by Crippen LogP contribution is -2.62. The van der Waals surface area contributed by atoms with Crippen molar-refractivity contribution in [1.82, 2.24) is 0 Å². The molecule has 8 nitrogen and oxygen atoms in total. The molecule has 0 aliphatic carbocycles. The molecule has 0 saturated heterocycles. The number of nitrogens with two attached hydrogens (primary N) is 2. The standard InChI is InChI=1S/C26H54N2O6Si7/c1-35(2,25-19-15-23(27)16-20-25)29-37(5,6)31-39(9,10)33-41(13,14)34-40(11,12)32-38(7,8)30-36(3,4)26-21-17-24(28)18-22-26/h15-22H,27-28H2,1-14H3. The largest absolute Gasteiger partial charge is 0.433 e. The van der Waals surface area contributed by atoms with Crippen LogP contribution in [0.25, 0.3) is 0 Å². The summed E-state index contributed by atoms with van der Waals surface area (Å²) in [5.74, 6) is 0. The van der Waals surface area contributed by atoms with Gasteiger partial charge in [-0.3, -0.25) is 0 Å². The molecule has 0 heterocycles. The fourth-order valence-electron chi connectivity index (χ4n) is 5.59. The fourth-order valence-corrected chi connectivity index (χ4v) is 40.0. The van der Waals surface area contributed by atoms with Gasteiger partial charge >= 0.3 is 42.8 Å². The second-order valence-corrected chi connectivity index (χ2v) is 40.0. The van der Waals surface area contributed by atoms with Crippen LogP contribution in [0.4, 0.5) is 11.4 Å². The monoisotopic (exact) mass is 686 g/mol. The van der Waals surface area contributed by atoms with Gasteiger partial charge in [0.15, 0.2) is 0 Å². The van der Waals surface area contributed by atoms with Crippen molar-refractivity contribution >= 4 is 81.2 Å². The van der Waals surface area contributed by atoms with Crippen LogP contribution in [0.5, 0.6) is 0 Å². The molecule has 0 bridgehead atoms. The molecule has 0 atom stereocenters. The quantitative estimate of drug-likeness (QED) is 0.185. The lowest BCUT2D eigenvalue weighted by atomic mass is 10.3. The molecule has 0 spiro atoms. The molecule has 232 valence electrons. The zero-order valence-corrected chi connectivity index (χ0v) is 34.7. The molecule has 15 heteroatoms. The Morgan fingerprint density at radius 1 is 0.341 bits per heavy atom. The predicted octanol–water partition coefficient (Wildman–Crippen LogP) is 5.98. The van der Waals surface area contributed by atoms with E-state index in [1.165, 1.54) is 10.4 Å². The predicted molar refractivity (Wildman–Crippen MR) is 190 cm³/mol. The summed E-state index contributed by atoms with van der Waals surface area (Å²) in [5, 5.41) is 2.38. The summed E-state index contributed by atoms with van der Waals surface area (Å²) >= 11 is 0. The van der Waals surface area contributed by atoms with Crippen molar-refractivity contribution in [3.8, 4) is 0 Å². The van der Waals surface area contributed by atoms with Crippen molar-refractivity contribution in [3.63, 3.8) is 0 Å². The summed E-state index contributed by atoms with van der Waals surface area (Å²) < 4.78 is 40.5. The molecular formula is C26H54N2O6Si7. The van der Waals surface area contributed by atoms with E-state index in [1.807, 2.05) is 24.3 Å². The summed E-state index contributed by atoms with van der Waals surface area (Å²) in [6, 6.07) is 16.0. The Morgan fingerprint density at radius 2 is 0.537 bits per heavy atom. The second kappa shape index (κ2) is 12.7. The number of benzene rings is 2. The van der Waals surface area contributed by atoms with Crippen LogP contribution in [-0.4, -0.2) is 59.4 Å². The van der Waals surface area contributed by atoms with Crippen LogP contribution in [-0.2, 0) is 24.7 Å². The van der Waals surface area contributed by atoms with Crippen LogP contribution in [0.1, 0.15) is 0 Å². The number of hydrogen-bond acceptors (Lipinski definition) is 8. The molecule has 0 aliphatic heterocycles. The molecule has 0 aromatic heterocycles. The Labute approximate surface area is 256 Å². The summed E-state index contributed by atoms with van der Waals surface area (Å²) in [5.41, 5.74) is 13.3. The van der Waals surface area contributed by atoms with Crippen LogP contribution in [0.2, 0.25) is 91.7 Å². The molecule has 0 unspecified atom stereocenters. The Bertz CT molecular complexity index is 1070. The van der Waals surface area contributed by atoms with Gasteiger partial charge in [-0.1, -0.05) is 24.3 Å². The van der Waals surface area contributed by atoms with Crippen molar-refractivity contribution in [2.75, 3.05) is 11.5 Å². The molecule has 2 aromatic rings. The molecule has 0 radical (unpaired) electrons. The Kier molecular flexibility index (Phi) is 11.3. The SMILES string of the molecule is C[Si](C)(O[Si](C)(C)O[Si](C)(C)O[Si](C)(C)c1ccc(N)cc1)O[Si](C)(C)O[Si](C)(C)O[Si](C)(C)c1ccc(N)cc1. The van der Waals surface area contributed by atoms with Crippen LogP contribution in [0, 0.1) is 0 Å². The minimum absolute atomic E-state index is 0.751. The zero-order valence-electron chi connectivity index (χ0n) is 27.7. The van der Waals surface area contributed by atoms with E-state index in [4.69, 9.17) is 36.2 Å². The third-order valence-electron chi connectivity index (χ3n) is 6.18. The van der Waals surface area contributed by atoms with Gasteiger partial charge in [-0.25, -0.2) is 0 Å². The van der Waals surface area contributed by atoms with Crippen molar-refractivity contribution in [2.45, 2.75) is 91.7 Å². The Balaban J connectivity index is 2.06. The normalized spacial score (nSPS) is 14.4. The first-order valence-corrected chi connectivity index (χ1v) is 34.1. The highest BCUT2D eigenvalue weighted by Crippen LogP contribution is 2.28. The maximum atomic E-state index is 6.77. The van der Waals surface area contributed by atoms with E-state index in [-0.39, 0.29) is 0 Å². The third kappa shape index (κ3) is 12.1. The van der Waals surface area contributed by atoms with Gasteiger partial charge in [0.2, 0.25) is 16.6 Å². The molecule has 0 amide bonds. The average molecular weight is 687 g/mol. The van der Waals surface area contributed by atoms with Crippen molar-refractivity contribution in [3.05, 3.63) is 48.5 Å². The van der Waals surface area contributed by atoms with E-state index < -0.39 is 59.4 Å². The zero-order chi connectivity index (χ0) is 31.7. The second-order valence-electron chi connectivity index (χ2n) is 13.9. The lowest BCUT2D eigenvalue weighted by Gasteiger charge is -2.44. The van der Waals surface area contributed by atoms with Gasteiger partial charge in [-0.2, -0.15) is 0 Å². The smallest absolute Gasteiger partial charge is 0.314 e. The van der Waals surface area contributed by atoms with E-state index in [9.17, 15) is 0 Å². The van der Waals surface area contributed by atoms with Crippen LogP contribution >= 0.6 is 0 Å². The van der Waals surface area contributed by atoms with Crippen LogP contribution in [0.15, 0.2) is 48.5 Å². The van der Waals surface area contributed by atoms with E-state index in [0.29, 0.717) is 0 Å². The average Bonchev–Trinajstić information content (AvgIpc) is 2.68. The molecule has 4 N–H and O–H groups in total. The fraction of sp³-hybridized carbons (Fsp3) is 0.538. The first-order chi connectivity index (χ1) is 18.2. The molecule has 0 saturated carbocycles. The molecular weight excluding hydrogens is 633 g/mol. The van der Waals surface area contributed by atoms with Gasteiger partial charge in [0, 0.05) is 11.4 Å². The van der Waals surface area contributed by atoms with Gasteiger partial charge in [-0.15, -0.1) is 0 Å². The Hall–Kier alpha value is -0.682. The van der Waals surface area contributed by atoms with Crippen molar-refractivity contribution in [2.24, 2.45) is 0 Å². The highest BCUT2D eigenvalue weighted by Gasteiger charge is 2.48. The maximum Gasteiger partial charge on any atom is 0.314 e. The summed E-state index contributed by atoms with van der Waals surface area (Å²) in [6.45, 7) is 29.7. The molecule has 0 aliphatic rings. The van der Waals surface area contributed by atoms with E-state index >= 15 is 0 Å². The first-order valence-electron chi connectivity index (χ1n) is 14.2. The molecule has 41 heavy (non-hydrogen) atoms. The minimum atomic E-state index is -2.63. The van der Waals surface area contributed by atoms with E-state index in [0.717, 1.165) is 11.4 Å². The number of rotatable bonds is 14. The van der Waals surface area contributed by atoms with E-state index in [2.05, 4.69) is 116 Å². The van der Waals surface area contributed by atoms with Crippen molar-refractivity contribution in [1.29, 1.82) is 0 Å². The first kappa shape index (κ1) is 36.5. The van der Waals surface area contributed by atoms with Crippen LogP contribution in [0.3, 0.4) is 0 Å². The van der Waals surface area contributed by atoms with Gasteiger partial charge in [0.05, 0.1) is 0 Å². The highest BCUT2D eigenvalue weighted by molar-refractivity contribution is 6.95. The molecule has 2 rings (SSSR count). The number of hydrogen-bond donors (Lipinski definition) is 2. The van der Waals surface area contributed by atoms with Crippen LogP contribution < -0.4 is 21.8 Å². The highest BCUT2D eigenvalue weighted by atomic mass is 28.5. The molecule has 2 aromatic carbocycles. The van der Waals surface area contributed by atoms with Gasteiger partial charge in [0.1, 0.15) is 0 Å². The van der Waals surface area contributed by atoms with Gasteiger partial charge in [0.25, 0.3) is 0 Å². The molecule has 0 fully saturated rings. The lowest BCUT2D eigenvalue weighted by molar-refractivity contribution is 0.272. The third-order valence-corrected chi connectivity index (χ3v) is 33.4. The van der Waals surface area contributed by atoms with Crippen molar-refractivity contribution < 1.29 is 24.7 Å². The number of nitrogen functional groups attached to an aromatic ring is 2. The summed E-state index contributed by atoms with van der Waals surface area (Å²) in [4.78, 5) is 0. The van der Waals surface area contributed by atoms with Gasteiger partial charge < -0.3 is 36.2 Å². The van der Waals surface area contributed by atoms with E-state index in [1.54, 1.807) is 0 Å².